The highest BCUT2D eigenvalue weighted by molar-refractivity contribution is 5.81. The Morgan fingerprint density at radius 1 is 1.55 bits per heavy atom. The summed E-state index contributed by atoms with van der Waals surface area (Å²) in [4.78, 5) is 11.0. The zero-order valence-corrected chi connectivity index (χ0v) is 7.13. The van der Waals surface area contributed by atoms with Gasteiger partial charge in [0.1, 0.15) is 0 Å². The van der Waals surface area contributed by atoms with Gasteiger partial charge in [-0.25, -0.2) is 0 Å². The molecule has 1 amide bonds. The van der Waals surface area contributed by atoms with Gasteiger partial charge < -0.3 is 16.8 Å². The minimum atomic E-state index is -0.561. The summed E-state index contributed by atoms with van der Waals surface area (Å²) in [5, 5.41) is 2.69. The summed E-state index contributed by atoms with van der Waals surface area (Å²) in [5.41, 5.74) is 10.6. The first-order chi connectivity index (χ1) is 5.07. The van der Waals surface area contributed by atoms with Gasteiger partial charge in [-0.05, 0) is 5.92 Å². The number of hydrogen-bond acceptors (Lipinski definition) is 3. The smallest absolute Gasteiger partial charge is 0.238 e. The van der Waals surface area contributed by atoms with Gasteiger partial charge in [0.05, 0.1) is 6.04 Å². The molecule has 11 heavy (non-hydrogen) atoms. The standard InChI is InChI=1S/C7H17N3O/c1-5(2)4-10-7(11)6(9)3-8/h5-6H,3-4,8-9H2,1-2H3,(H,10,11). The highest BCUT2D eigenvalue weighted by atomic mass is 16.2. The van der Waals surface area contributed by atoms with Crippen molar-refractivity contribution in [3.63, 3.8) is 0 Å². The summed E-state index contributed by atoms with van der Waals surface area (Å²) in [7, 11) is 0. The minimum absolute atomic E-state index is 0.166. The van der Waals surface area contributed by atoms with Crippen LogP contribution in [-0.4, -0.2) is 25.0 Å². The Labute approximate surface area is 67.3 Å². The van der Waals surface area contributed by atoms with E-state index in [4.69, 9.17) is 11.5 Å². The fourth-order valence-corrected chi connectivity index (χ4v) is 0.543. The van der Waals surface area contributed by atoms with Gasteiger partial charge >= 0.3 is 0 Å². The molecular formula is C7H17N3O. The zero-order valence-electron chi connectivity index (χ0n) is 7.13. The summed E-state index contributed by atoms with van der Waals surface area (Å²) in [6.45, 7) is 4.90. The Morgan fingerprint density at radius 2 is 2.09 bits per heavy atom. The molecule has 66 valence electrons. The summed E-state index contributed by atoms with van der Waals surface area (Å²) in [6.07, 6.45) is 0. The SMILES string of the molecule is CC(C)CNC(=O)C(N)CN. The van der Waals surface area contributed by atoms with Crippen molar-refractivity contribution in [2.24, 2.45) is 17.4 Å². The van der Waals surface area contributed by atoms with Crippen LogP contribution >= 0.6 is 0 Å². The van der Waals surface area contributed by atoms with E-state index in [0.29, 0.717) is 12.5 Å². The average molecular weight is 159 g/mol. The molecule has 1 atom stereocenters. The third-order valence-electron chi connectivity index (χ3n) is 1.28. The Bertz CT molecular complexity index is 125. The van der Waals surface area contributed by atoms with Gasteiger partial charge in [-0.15, -0.1) is 0 Å². The Kier molecular flexibility index (Phi) is 4.81. The molecule has 0 aromatic rings. The van der Waals surface area contributed by atoms with Gasteiger partial charge in [-0.3, -0.25) is 4.79 Å². The van der Waals surface area contributed by atoms with Gasteiger partial charge in [0.15, 0.2) is 0 Å². The Balaban J connectivity index is 3.52. The van der Waals surface area contributed by atoms with Crippen molar-refractivity contribution in [2.45, 2.75) is 19.9 Å². The lowest BCUT2D eigenvalue weighted by Gasteiger charge is -2.11. The van der Waals surface area contributed by atoms with E-state index in [9.17, 15) is 4.79 Å². The van der Waals surface area contributed by atoms with Crippen LogP contribution in [-0.2, 0) is 4.79 Å². The van der Waals surface area contributed by atoms with Gasteiger partial charge in [-0.2, -0.15) is 0 Å². The summed E-state index contributed by atoms with van der Waals surface area (Å²) < 4.78 is 0. The van der Waals surface area contributed by atoms with E-state index in [2.05, 4.69) is 5.32 Å². The monoisotopic (exact) mass is 159 g/mol. The molecule has 0 bridgehead atoms. The highest BCUT2D eigenvalue weighted by Crippen LogP contribution is 1.87. The molecule has 0 heterocycles. The largest absolute Gasteiger partial charge is 0.354 e. The van der Waals surface area contributed by atoms with Crippen LogP contribution in [0.2, 0.25) is 0 Å². The molecule has 0 saturated heterocycles. The molecule has 0 fully saturated rings. The van der Waals surface area contributed by atoms with Crippen LogP contribution < -0.4 is 16.8 Å². The predicted molar refractivity (Wildman–Crippen MR) is 44.9 cm³/mol. The van der Waals surface area contributed by atoms with Crippen LogP contribution in [0.1, 0.15) is 13.8 Å². The molecule has 0 radical (unpaired) electrons. The number of hydrogen-bond donors (Lipinski definition) is 3. The molecule has 5 N–H and O–H groups in total. The Hall–Kier alpha value is -0.610. The first-order valence-electron chi connectivity index (χ1n) is 3.81. The molecule has 0 rings (SSSR count). The predicted octanol–water partition coefficient (Wildman–Crippen LogP) is -0.955. The van der Waals surface area contributed by atoms with Crippen molar-refractivity contribution in [3.8, 4) is 0 Å². The van der Waals surface area contributed by atoms with Gasteiger partial charge in [0.2, 0.25) is 5.91 Å². The fourth-order valence-electron chi connectivity index (χ4n) is 0.543. The second-order valence-electron chi connectivity index (χ2n) is 2.98. The maximum absolute atomic E-state index is 11.0. The molecule has 0 spiro atoms. The van der Waals surface area contributed by atoms with Crippen molar-refractivity contribution < 1.29 is 4.79 Å². The number of nitrogens with one attached hydrogen (secondary N) is 1. The maximum Gasteiger partial charge on any atom is 0.238 e. The van der Waals surface area contributed by atoms with E-state index >= 15 is 0 Å². The van der Waals surface area contributed by atoms with Gasteiger partial charge in [-0.1, -0.05) is 13.8 Å². The molecule has 4 nitrogen and oxygen atoms in total. The van der Waals surface area contributed by atoms with Crippen molar-refractivity contribution >= 4 is 5.91 Å². The van der Waals surface area contributed by atoms with Crippen molar-refractivity contribution in [1.82, 2.24) is 5.32 Å². The molecule has 0 aliphatic heterocycles. The van der Waals surface area contributed by atoms with Crippen LogP contribution in [0.3, 0.4) is 0 Å². The number of carbonyl (C=O) groups is 1. The third kappa shape index (κ3) is 4.75. The van der Waals surface area contributed by atoms with Crippen LogP contribution in [0.25, 0.3) is 0 Å². The topological polar surface area (TPSA) is 81.1 Å². The second kappa shape index (κ2) is 5.09. The number of amides is 1. The maximum atomic E-state index is 11.0. The van der Waals surface area contributed by atoms with E-state index in [1.807, 2.05) is 13.8 Å². The molecule has 0 aliphatic carbocycles. The normalized spacial score (nSPS) is 13.2. The van der Waals surface area contributed by atoms with Crippen molar-refractivity contribution in [2.75, 3.05) is 13.1 Å². The van der Waals surface area contributed by atoms with Crippen LogP contribution in [0.15, 0.2) is 0 Å². The summed E-state index contributed by atoms with van der Waals surface area (Å²) >= 11 is 0. The summed E-state index contributed by atoms with van der Waals surface area (Å²) in [6, 6.07) is -0.561. The van der Waals surface area contributed by atoms with Crippen LogP contribution in [0.4, 0.5) is 0 Å². The molecule has 0 aromatic heterocycles. The quantitative estimate of drug-likeness (QED) is 0.494. The second-order valence-corrected chi connectivity index (χ2v) is 2.98. The fraction of sp³-hybridized carbons (Fsp3) is 0.857. The summed E-state index contributed by atoms with van der Waals surface area (Å²) in [5.74, 6) is 0.283. The van der Waals surface area contributed by atoms with Gasteiger partial charge in [0, 0.05) is 13.1 Å². The highest BCUT2D eigenvalue weighted by Gasteiger charge is 2.09. The van der Waals surface area contributed by atoms with E-state index < -0.39 is 6.04 Å². The van der Waals surface area contributed by atoms with Crippen molar-refractivity contribution in [3.05, 3.63) is 0 Å². The van der Waals surface area contributed by atoms with Crippen molar-refractivity contribution in [1.29, 1.82) is 0 Å². The lowest BCUT2D eigenvalue weighted by molar-refractivity contribution is -0.122. The van der Waals surface area contributed by atoms with Gasteiger partial charge in [0.25, 0.3) is 0 Å². The lowest BCUT2D eigenvalue weighted by Crippen LogP contribution is -2.46. The molecule has 0 aliphatic rings. The first kappa shape index (κ1) is 10.4. The van der Waals surface area contributed by atoms with E-state index in [0.717, 1.165) is 0 Å². The zero-order chi connectivity index (χ0) is 8.85. The van der Waals surface area contributed by atoms with E-state index in [1.165, 1.54) is 0 Å². The Morgan fingerprint density at radius 3 is 2.45 bits per heavy atom. The molecule has 0 saturated carbocycles. The van der Waals surface area contributed by atoms with E-state index in [1.54, 1.807) is 0 Å². The molecular weight excluding hydrogens is 142 g/mol. The van der Waals surface area contributed by atoms with Crippen LogP contribution in [0, 0.1) is 5.92 Å². The first-order valence-corrected chi connectivity index (χ1v) is 3.81. The molecule has 0 aromatic carbocycles. The number of nitrogens with two attached hydrogens (primary N) is 2. The van der Waals surface area contributed by atoms with Crippen LogP contribution in [0.5, 0.6) is 0 Å². The third-order valence-corrected chi connectivity index (χ3v) is 1.28. The molecule has 4 heteroatoms. The minimum Gasteiger partial charge on any atom is -0.354 e. The number of carbonyl (C=O) groups excluding carboxylic acids is 1. The number of rotatable bonds is 4. The van der Waals surface area contributed by atoms with E-state index in [-0.39, 0.29) is 12.5 Å². The molecule has 1 unspecified atom stereocenters. The average Bonchev–Trinajstić information content (AvgIpc) is 1.98. The lowest BCUT2D eigenvalue weighted by atomic mass is 10.2.